The second kappa shape index (κ2) is 6.70. The predicted molar refractivity (Wildman–Crippen MR) is 74.5 cm³/mol. The van der Waals surface area contributed by atoms with Crippen molar-refractivity contribution in [2.45, 2.75) is 25.7 Å². The SMILES string of the molecule is O=C(O)CCCCCNC(=O)c1ccc2nc[nH]c2c1. The van der Waals surface area contributed by atoms with Crippen molar-refractivity contribution in [3.05, 3.63) is 30.1 Å². The van der Waals surface area contributed by atoms with E-state index < -0.39 is 5.97 Å². The largest absolute Gasteiger partial charge is 0.481 e. The average molecular weight is 275 g/mol. The predicted octanol–water partition coefficient (Wildman–Crippen LogP) is 1.94. The van der Waals surface area contributed by atoms with Crippen LogP contribution in [-0.2, 0) is 4.79 Å². The Labute approximate surface area is 116 Å². The van der Waals surface area contributed by atoms with Gasteiger partial charge in [-0.2, -0.15) is 0 Å². The summed E-state index contributed by atoms with van der Waals surface area (Å²) in [6.45, 7) is 0.555. The van der Waals surface area contributed by atoms with Gasteiger partial charge >= 0.3 is 5.97 Å². The molecule has 0 unspecified atom stereocenters. The Hall–Kier alpha value is -2.37. The van der Waals surface area contributed by atoms with Crippen molar-refractivity contribution in [1.29, 1.82) is 0 Å². The standard InChI is InChI=1S/C14H17N3O3/c18-13(19)4-2-1-3-7-15-14(20)10-5-6-11-12(8-10)17-9-16-11/h5-6,8-9H,1-4,7H2,(H,15,20)(H,16,17)(H,18,19). The number of carboxylic acids is 1. The summed E-state index contributed by atoms with van der Waals surface area (Å²) < 4.78 is 0. The maximum absolute atomic E-state index is 11.9. The number of rotatable bonds is 7. The molecule has 0 aliphatic rings. The van der Waals surface area contributed by atoms with E-state index >= 15 is 0 Å². The number of hydrogen-bond acceptors (Lipinski definition) is 3. The number of aromatic nitrogens is 2. The van der Waals surface area contributed by atoms with E-state index in [1.54, 1.807) is 24.5 Å². The number of fused-ring (bicyclic) bond motifs is 1. The lowest BCUT2D eigenvalue weighted by Gasteiger charge is -2.05. The molecule has 1 aromatic heterocycles. The number of unbranched alkanes of at least 4 members (excludes halogenated alkanes) is 2. The lowest BCUT2D eigenvalue weighted by Crippen LogP contribution is -2.24. The van der Waals surface area contributed by atoms with Crippen molar-refractivity contribution < 1.29 is 14.7 Å². The fourth-order valence-electron chi connectivity index (χ4n) is 1.96. The molecule has 106 valence electrons. The van der Waals surface area contributed by atoms with Gasteiger partial charge in [0.2, 0.25) is 0 Å². The van der Waals surface area contributed by atoms with E-state index in [1.165, 1.54) is 0 Å². The molecule has 0 radical (unpaired) electrons. The van der Waals surface area contributed by atoms with E-state index in [9.17, 15) is 9.59 Å². The van der Waals surface area contributed by atoms with Gasteiger partial charge in [-0.15, -0.1) is 0 Å². The zero-order chi connectivity index (χ0) is 14.4. The average Bonchev–Trinajstić information content (AvgIpc) is 2.89. The summed E-state index contributed by atoms with van der Waals surface area (Å²) >= 11 is 0. The zero-order valence-corrected chi connectivity index (χ0v) is 11.1. The summed E-state index contributed by atoms with van der Waals surface area (Å²) in [7, 11) is 0. The Morgan fingerprint density at radius 2 is 2.10 bits per heavy atom. The highest BCUT2D eigenvalue weighted by Crippen LogP contribution is 2.11. The first-order chi connectivity index (χ1) is 9.66. The van der Waals surface area contributed by atoms with E-state index in [4.69, 9.17) is 5.11 Å². The highest BCUT2D eigenvalue weighted by Gasteiger charge is 2.06. The second-order valence-electron chi connectivity index (χ2n) is 4.59. The van der Waals surface area contributed by atoms with Gasteiger partial charge in [0, 0.05) is 18.5 Å². The second-order valence-corrected chi connectivity index (χ2v) is 4.59. The third-order valence-electron chi connectivity index (χ3n) is 3.04. The molecule has 0 saturated heterocycles. The summed E-state index contributed by atoms with van der Waals surface area (Å²) in [5.41, 5.74) is 2.25. The fraction of sp³-hybridized carbons (Fsp3) is 0.357. The van der Waals surface area contributed by atoms with Gasteiger partial charge in [-0.3, -0.25) is 9.59 Å². The minimum atomic E-state index is -0.776. The van der Waals surface area contributed by atoms with Gasteiger partial charge < -0.3 is 15.4 Å². The number of aromatic amines is 1. The Kier molecular flexibility index (Phi) is 4.70. The van der Waals surface area contributed by atoms with Crippen LogP contribution >= 0.6 is 0 Å². The van der Waals surface area contributed by atoms with Gasteiger partial charge in [-0.05, 0) is 31.0 Å². The maximum Gasteiger partial charge on any atom is 0.303 e. The first-order valence-corrected chi connectivity index (χ1v) is 6.60. The van der Waals surface area contributed by atoms with Crippen molar-refractivity contribution in [2.24, 2.45) is 0 Å². The van der Waals surface area contributed by atoms with Crippen LogP contribution in [0.5, 0.6) is 0 Å². The van der Waals surface area contributed by atoms with Crippen LogP contribution in [0.15, 0.2) is 24.5 Å². The van der Waals surface area contributed by atoms with Gasteiger partial charge in [0.05, 0.1) is 17.4 Å². The number of aliphatic carboxylic acids is 1. The summed E-state index contributed by atoms with van der Waals surface area (Å²) in [5, 5.41) is 11.3. The van der Waals surface area contributed by atoms with Gasteiger partial charge in [0.25, 0.3) is 5.91 Å². The maximum atomic E-state index is 11.9. The Balaban J connectivity index is 1.75. The molecule has 3 N–H and O–H groups in total. The highest BCUT2D eigenvalue weighted by molar-refractivity contribution is 5.97. The summed E-state index contributed by atoms with van der Waals surface area (Å²) in [6, 6.07) is 5.30. The number of benzene rings is 1. The van der Waals surface area contributed by atoms with Crippen LogP contribution in [0, 0.1) is 0 Å². The topological polar surface area (TPSA) is 95.1 Å². The minimum Gasteiger partial charge on any atom is -0.481 e. The molecule has 1 aromatic carbocycles. The van der Waals surface area contributed by atoms with E-state index in [2.05, 4.69) is 15.3 Å². The van der Waals surface area contributed by atoms with Crippen molar-refractivity contribution in [2.75, 3.05) is 6.54 Å². The van der Waals surface area contributed by atoms with Crippen LogP contribution in [0.2, 0.25) is 0 Å². The van der Waals surface area contributed by atoms with E-state index in [0.717, 1.165) is 23.9 Å². The summed E-state index contributed by atoms with van der Waals surface area (Å²) in [4.78, 5) is 29.3. The van der Waals surface area contributed by atoms with Crippen LogP contribution in [0.4, 0.5) is 0 Å². The lowest BCUT2D eigenvalue weighted by molar-refractivity contribution is -0.137. The third kappa shape index (κ3) is 3.81. The molecule has 0 fully saturated rings. The van der Waals surface area contributed by atoms with E-state index in [-0.39, 0.29) is 12.3 Å². The normalized spacial score (nSPS) is 10.6. The third-order valence-corrected chi connectivity index (χ3v) is 3.04. The molecule has 0 aliphatic heterocycles. The number of carboxylic acid groups (broad SMARTS) is 1. The number of amides is 1. The zero-order valence-electron chi connectivity index (χ0n) is 11.1. The number of carbonyl (C=O) groups excluding carboxylic acids is 1. The Morgan fingerprint density at radius 3 is 2.90 bits per heavy atom. The smallest absolute Gasteiger partial charge is 0.303 e. The monoisotopic (exact) mass is 275 g/mol. The molecule has 2 rings (SSSR count). The lowest BCUT2D eigenvalue weighted by atomic mass is 10.1. The Bertz CT molecular complexity index is 606. The number of nitrogens with one attached hydrogen (secondary N) is 2. The number of imidazole rings is 1. The highest BCUT2D eigenvalue weighted by atomic mass is 16.4. The number of carbonyl (C=O) groups is 2. The van der Waals surface area contributed by atoms with Gasteiger partial charge in [0.1, 0.15) is 0 Å². The first-order valence-electron chi connectivity index (χ1n) is 6.60. The molecular formula is C14H17N3O3. The molecule has 0 atom stereocenters. The molecule has 0 aliphatic carbocycles. The van der Waals surface area contributed by atoms with Crippen molar-refractivity contribution >= 4 is 22.9 Å². The molecule has 6 nitrogen and oxygen atoms in total. The molecular weight excluding hydrogens is 258 g/mol. The molecule has 0 bridgehead atoms. The van der Waals surface area contributed by atoms with E-state index in [0.29, 0.717) is 18.5 Å². The number of nitrogens with zero attached hydrogens (tertiary/aromatic N) is 1. The van der Waals surface area contributed by atoms with Crippen molar-refractivity contribution in [3.8, 4) is 0 Å². The first kappa shape index (κ1) is 14.0. The van der Waals surface area contributed by atoms with Gasteiger partial charge in [0.15, 0.2) is 0 Å². The van der Waals surface area contributed by atoms with Crippen LogP contribution < -0.4 is 5.32 Å². The van der Waals surface area contributed by atoms with Crippen molar-refractivity contribution in [1.82, 2.24) is 15.3 Å². The summed E-state index contributed by atoms with van der Waals surface area (Å²) in [6.07, 6.45) is 4.00. The number of hydrogen-bond donors (Lipinski definition) is 3. The molecule has 2 aromatic rings. The Morgan fingerprint density at radius 1 is 1.25 bits per heavy atom. The minimum absolute atomic E-state index is 0.125. The molecule has 6 heteroatoms. The quantitative estimate of drug-likeness (QED) is 0.673. The van der Waals surface area contributed by atoms with Gasteiger partial charge in [-0.25, -0.2) is 4.98 Å². The number of H-pyrrole nitrogens is 1. The van der Waals surface area contributed by atoms with Crippen molar-refractivity contribution in [3.63, 3.8) is 0 Å². The summed E-state index contributed by atoms with van der Waals surface area (Å²) in [5.74, 6) is -0.901. The van der Waals surface area contributed by atoms with Crippen LogP contribution in [0.1, 0.15) is 36.0 Å². The van der Waals surface area contributed by atoms with Gasteiger partial charge in [-0.1, -0.05) is 6.42 Å². The van der Waals surface area contributed by atoms with Crippen LogP contribution in [0.3, 0.4) is 0 Å². The fourth-order valence-corrected chi connectivity index (χ4v) is 1.96. The molecule has 0 saturated carbocycles. The molecule has 20 heavy (non-hydrogen) atoms. The molecule has 1 amide bonds. The van der Waals surface area contributed by atoms with Crippen LogP contribution in [0.25, 0.3) is 11.0 Å². The molecule has 1 heterocycles. The van der Waals surface area contributed by atoms with Crippen LogP contribution in [-0.4, -0.2) is 33.5 Å². The molecule has 0 spiro atoms. The van der Waals surface area contributed by atoms with E-state index in [1.807, 2.05) is 0 Å².